The van der Waals surface area contributed by atoms with E-state index in [4.69, 9.17) is 16.0 Å². The summed E-state index contributed by atoms with van der Waals surface area (Å²) in [4.78, 5) is 11.3. The van der Waals surface area contributed by atoms with Gasteiger partial charge in [-0.15, -0.1) is 0 Å². The van der Waals surface area contributed by atoms with E-state index in [1.54, 1.807) is 26.0 Å². The molecule has 0 bridgehead atoms. The molecule has 0 unspecified atom stereocenters. The molecule has 0 aromatic carbocycles. The normalized spacial score (nSPS) is 11.5. The highest BCUT2D eigenvalue weighted by Gasteiger charge is 2.27. The molecule has 0 saturated heterocycles. The molecule has 1 rings (SSSR count). The predicted molar refractivity (Wildman–Crippen MR) is 56.7 cm³/mol. The lowest BCUT2D eigenvalue weighted by atomic mass is 10.1. The molecule has 0 amide bonds. The minimum Gasteiger partial charge on any atom is -0.468 e. The molecule has 0 fully saturated rings. The molecule has 0 atom stereocenters. The molecule has 1 aromatic rings. The summed E-state index contributed by atoms with van der Waals surface area (Å²) in [6.45, 7) is 3.90. The van der Waals surface area contributed by atoms with Gasteiger partial charge in [0.2, 0.25) is 0 Å². The molecule has 0 spiro atoms. The second-order valence-electron chi connectivity index (χ2n) is 3.68. The molecule has 0 aliphatic rings. The second-order valence-corrected chi connectivity index (χ2v) is 4.05. The highest BCUT2D eigenvalue weighted by Crippen LogP contribution is 2.14. The maximum atomic E-state index is 11.3. The van der Waals surface area contributed by atoms with Gasteiger partial charge in [-0.25, -0.2) is 0 Å². The van der Waals surface area contributed by atoms with E-state index in [0.717, 1.165) is 0 Å². The number of nitrogens with one attached hydrogen (secondary N) is 1. The van der Waals surface area contributed by atoms with Crippen molar-refractivity contribution in [2.45, 2.75) is 25.9 Å². The van der Waals surface area contributed by atoms with Crippen molar-refractivity contribution in [1.29, 1.82) is 0 Å². The van der Waals surface area contributed by atoms with Crippen LogP contribution in [0, 0.1) is 0 Å². The summed E-state index contributed by atoms with van der Waals surface area (Å²) in [5.41, 5.74) is -0.742. The number of carbonyl (C=O) groups is 1. The van der Waals surface area contributed by atoms with Crippen LogP contribution in [0.1, 0.15) is 19.6 Å². The molecule has 15 heavy (non-hydrogen) atoms. The van der Waals surface area contributed by atoms with Gasteiger partial charge in [0.25, 0.3) is 0 Å². The van der Waals surface area contributed by atoms with Crippen molar-refractivity contribution in [3.63, 3.8) is 0 Å². The van der Waals surface area contributed by atoms with E-state index in [0.29, 0.717) is 17.5 Å². The molecule has 1 aromatic heterocycles. The van der Waals surface area contributed by atoms with Crippen molar-refractivity contribution in [1.82, 2.24) is 5.32 Å². The molecular formula is C10H14ClNO3. The van der Waals surface area contributed by atoms with Crippen LogP contribution in [0.15, 0.2) is 16.5 Å². The van der Waals surface area contributed by atoms with E-state index in [2.05, 4.69) is 10.1 Å². The van der Waals surface area contributed by atoms with Crippen molar-refractivity contribution in [3.8, 4) is 0 Å². The van der Waals surface area contributed by atoms with Crippen LogP contribution < -0.4 is 5.32 Å². The smallest absolute Gasteiger partial charge is 0.325 e. The van der Waals surface area contributed by atoms with Gasteiger partial charge in [0.15, 0.2) is 5.22 Å². The number of halogens is 1. The minimum absolute atomic E-state index is 0.319. The summed E-state index contributed by atoms with van der Waals surface area (Å²) < 4.78 is 9.79. The van der Waals surface area contributed by atoms with Gasteiger partial charge < -0.3 is 9.15 Å². The molecule has 0 saturated carbocycles. The van der Waals surface area contributed by atoms with Gasteiger partial charge in [0.1, 0.15) is 11.3 Å². The monoisotopic (exact) mass is 231 g/mol. The second kappa shape index (κ2) is 4.68. The van der Waals surface area contributed by atoms with E-state index >= 15 is 0 Å². The number of esters is 1. The summed E-state index contributed by atoms with van der Waals surface area (Å²) >= 11 is 5.61. The van der Waals surface area contributed by atoms with E-state index in [-0.39, 0.29) is 5.97 Å². The van der Waals surface area contributed by atoms with Gasteiger partial charge in [0, 0.05) is 0 Å². The Bertz CT molecular complexity index is 346. The van der Waals surface area contributed by atoms with Crippen molar-refractivity contribution in [2.24, 2.45) is 0 Å². The first-order chi connectivity index (χ1) is 6.95. The highest BCUT2D eigenvalue weighted by atomic mass is 35.5. The Kier molecular flexibility index (Phi) is 3.77. The molecule has 5 heteroatoms. The van der Waals surface area contributed by atoms with Gasteiger partial charge >= 0.3 is 5.97 Å². The number of rotatable bonds is 4. The quantitative estimate of drug-likeness (QED) is 0.805. The zero-order chi connectivity index (χ0) is 11.5. The predicted octanol–water partition coefficient (Wildman–Crippen LogP) is 1.97. The lowest BCUT2D eigenvalue weighted by molar-refractivity contribution is -0.147. The highest BCUT2D eigenvalue weighted by molar-refractivity contribution is 6.28. The van der Waals surface area contributed by atoms with E-state index < -0.39 is 5.54 Å². The van der Waals surface area contributed by atoms with Crippen LogP contribution in [-0.2, 0) is 16.1 Å². The van der Waals surface area contributed by atoms with E-state index in [1.165, 1.54) is 7.11 Å². The topological polar surface area (TPSA) is 51.5 Å². The first-order valence-electron chi connectivity index (χ1n) is 4.53. The summed E-state index contributed by atoms with van der Waals surface area (Å²) in [7, 11) is 1.36. The average molecular weight is 232 g/mol. The Morgan fingerprint density at radius 1 is 1.60 bits per heavy atom. The third-order valence-electron chi connectivity index (χ3n) is 2.03. The van der Waals surface area contributed by atoms with Crippen LogP contribution in [0.5, 0.6) is 0 Å². The summed E-state index contributed by atoms with van der Waals surface area (Å²) in [5, 5.41) is 3.35. The van der Waals surface area contributed by atoms with Crippen LogP contribution in [0.25, 0.3) is 0 Å². The number of hydrogen-bond donors (Lipinski definition) is 1. The Morgan fingerprint density at radius 3 is 2.73 bits per heavy atom. The van der Waals surface area contributed by atoms with Crippen LogP contribution >= 0.6 is 11.6 Å². The Balaban J connectivity index is 2.53. The number of hydrogen-bond acceptors (Lipinski definition) is 4. The molecular weight excluding hydrogens is 218 g/mol. The molecule has 84 valence electrons. The molecule has 0 radical (unpaired) electrons. The number of methoxy groups -OCH3 is 1. The van der Waals surface area contributed by atoms with E-state index in [1.807, 2.05) is 0 Å². The zero-order valence-electron chi connectivity index (χ0n) is 8.96. The molecule has 0 aliphatic carbocycles. The Morgan fingerprint density at radius 2 is 2.27 bits per heavy atom. The van der Waals surface area contributed by atoms with Crippen LogP contribution in [0.2, 0.25) is 5.22 Å². The van der Waals surface area contributed by atoms with Gasteiger partial charge in [0.05, 0.1) is 13.7 Å². The fraction of sp³-hybridized carbons (Fsp3) is 0.500. The molecule has 1 N–H and O–H groups in total. The SMILES string of the molecule is COC(=O)C(C)(C)NCc1ccc(Cl)o1. The van der Waals surface area contributed by atoms with E-state index in [9.17, 15) is 4.79 Å². The zero-order valence-corrected chi connectivity index (χ0v) is 9.72. The fourth-order valence-electron chi connectivity index (χ4n) is 1.08. The average Bonchev–Trinajstić information content (AvgIpc) is 2.60. The number of furan rings is 1. The Hall–Kier alpha value is -1.00. The van der Waals surface area contributed by atoms with Crippen LogP contribution in [0.3, 0.4) is 0 Å². The van der Waals surface area contributed by atoms with Crippen molar-refractivity contribution in [3.05, 3.63) is 23.1 Å². The van der Waals surface area contributed by atoms with Crippen molar-refractivity contribution in [2.75, 3.05) is 7.11 Å². The lowest BCUT2D eigenvalue weighted by Crippen LogP contribution is -2.46. The fourth-order valence-corrected chi connectivity index (χ4v) is 1.24. The van der Waals surface area contributed by atoms with Crippen molar-refractivity contribution < 1.29 is 13.9 Å². The minimum atomic E-state index is -0.742. The third kappa shape index (κ3) is 3.25. The first-order valence-corrected chi connectivity index (χ1v) is 4.91. The van der Waals surface area contributed by atoms with Gasteiger partial charge in [-0.05, 0) is 37.6 Å². The number of ether oxygens (including phenoxy) is 1. The van der Waals surface area contributed by atoms with Gasteiger partial charge in [-0.1, -0.05) is 0 Å². The van der Waals surface area contributed by atoms with Gasteiger partial charge in [-0.2, -0.15) is 0 Å². The molecule has 0 aliphatic heterocycles. The maximum Gasteiger partial charge on any atom is 0.325 e. The largest absolute Gasteiger partial charge is 0.468 e. The van der Waals surface area contributed by atoms with Crippen molar-refractivity contribution >= 4 is 17.6 Å². The lowest BCUT2D eigenvalue weighted by Gasteiger charge is -2.22. The maximum absolute atomic E-state index is 11.3. The van der Waals surface area contributed by atoms with Gasteiger partial charge in [-0.3, -0.25) is 10.1 Å². The summed E-state index contributed by atoms with van der Waals surface area (Å²) in [5.74, 6) is 0.358. The molecule has 1 heterocycles. The van der Waals surface area contributed by atoms with Crippen LogP contribution in [-0.4, -0.2) is 18.6 Å². The summed E-state index contributed by atoms with van der Waals surface area (Å²) in [6.07, 6.45) is 0. The molecule has 4 nitrogen and oxygen atoms in total. The standard InChI is InChI=1S/C10H14ClNO3/c1-10(2,9(13)14-3)12-6-7-4-5-8(11)15-7/h4-5,12H,6H2,1-3H3. The summed E-state index contributed by atoms with van der Waals surface area (Å²) in [6, 6.07) is 3.41. The van der Waals surface area contributed by atoms with Crippen LogP contribution in [0.4, 0.5) is 0 Å². The third-order valence-corrected chi connectivity index (χ3v) is 2.23. The number of carbonyl (C=O) groups excluding carboxylic acids is 1. The Labute approximate surface area is 93.5 Å². The first kappa shape index (κ1) is 12.1.